The molecule has 5 aromatic carbocycles. The molecule has 332 valence electrons. The van der Waals surface area contributed by atoms with E-state index in [-0.39, 0.29) is 23.9 Å². The monoisotopic (exact) mass is 880 g/mol. The molecule has 0 radical (unpaired) electrons. The van der Waals surface area contributed by atoms with Gasteiger partial charge in [-0.25, -0.2) is 4.98 Å². The Morgan fingerprint density at radius 2 is 1.57 bits per heavy atom. The van der Waals surface area contributed by atoms with E-state index in [1.807, 2.05) is 12.2 Å². The summed E-state index contributed by atoms with van der Waals surface area (Å²) < 4.78 is 2.37. The van der Waals surface area contributed by atoms with Crippen molar-refractivity contribution in [3.63, 3.8) is 0 Å². The second-order valence-corrected chi connectivity index (χ2v) is 18.3. The number of benzene rings is 5. The van der Waals surface area contributed by atoms with Crippen molar-refractivity contribution in [3.05, 3.63) is 254 Å². The molecule has 68 heavy (non-hydrogen) atoms. The summed E-state index contributed by atoms with van der Waals surface area (Å²) in [7, 11) is 0. The zero-order chi connectivity index (χ0) is 46.3. The summed E-state index contributed by atoms with van der Waals surface area (Å²) in [6, 6.07) is 40.5. The van der Waals surface area contributed by atoms with Crippen molar-refractivity contribution in [2.24, 2.45) is 5.92 Å². The molecule has 11 rings (SSSR count). The van der Waals surface area contributed by atoms with E-state index in [1.165, 1.54) is 55.5 Å². The number of hydrogen-bond donors (Lipinski definition) is 0. The minimum Gasteiger partial charge on any atom is -0.357 e. The van der Waals surface area contributed by atoms with Gasteiger partial charge in [0.25, 0.3) is 0 Å². The number of para-hydroxylation sites is 1. The molecule has 0 N–H and O–H groups in total. The summed E-state index contributed by atoms with van der Waals surface area (Å²) >= 11 is 0. The van der Waals surface area contributed by atoms with Crippen LogP contribution in [-0.2, 0) is 0 Å². The van der Waals surface area contributed by atoms with Gasteiger partial charge in [0.15, 0.2) is 0 Å². The van der Waals surface area contributed by atoms with Crippen LogP contribution >= 0.6 is 0 Å². The molecule has 2 aliphatic heterocycles. The number of hydrogen-bond acceptors (Lipinski definition) is 3. The van der Waals surface area contributed by atoms with Gasteiger partial charge in [0.05, 0.1) is 29.0 Å². The SMILES string of the molecule is C=C/C=C\c1c(C)c2ccc(-c3cc4c(c5ccccc35)N(C3C=CC=CC3)C(/C=C\C)[C@H]4C=C)cc2n1-c1cc2ccccc2c(C2=CC=C3[C@@H](C2)C(=C)/C=C\C=C/CN3c2ccccc2)n1. The van der Waals surface area contributed by atoms with Crippen LogP contribution in [0.5, 0.6) is 0 Å². The maximum atomic E-state index is 5.73. The highest BCUT2D eigenvalue weighted by atomic mass is 15.2. The highest BCUT2D eigenvalue weighted by Gasteiger charge is 2.40. The maximum Gasteiger partial charge on any atom is 0.138 e. The van der Waals surface area contributed by atoms with Crippen molar-refractivity contribution in [2.75, 3.05) is 16.3 Å². The molecular weight excluding hydrogens is 825 g/mol. The first kappa shape index (κ1) is 42.7. The molecule has 4 heteroatoms. The van der Waals surface area contributed by atoms with Crippen molar-refractivity contribution in [1.82, 2.24) is 9.55 Å². The fraction of sp³-hybridized carbons (Fsp3) is 0.141. The molecule has 7 aromatic rings. The minimum absolute atomic E-state index is 0.0676. The molecule has 2 aromatic heterocycles. The molecule has 0 amide bonds. The lowest BCUT2D eigenvalue weighted by molar-refractivity contribution is 0.618. The highest BCUT2D eigenvalue weighted by Crippen LogP contribution is 2.51. The van der Waals surface area contributed by atoms with Crippen LogP contribution in [0.4, 0.5) is 11.4 Å². The number of allylic oxidation sites excluding steroid dienone is 12. The molecule has 2 unspecified atom stereocenters. The summed E-state index contributed by atoms with van der Waals surface area (Å²) in [4.78, 5) is 10.8. The van der Waals surface area contributed by atoms with Crippen LogP contribution < -0.4 is 9.80 Å². The molecule has 0 fully saturated rings. The van der Waals surface area contributed by atoms with E-state index < -0.39 is 0 Å². The summed E-state index contributed by atoms with van der Waals surface area (Å²) in [5.74, 6) is 1.08. The summed E-state index contributed by atoms with van der Waals surface area (Å²) in [6.45, 7) is 18.3. The van der Waals surface area contributed by atoms with E-state index in [2.05, 4.69) is 242 Å². The van der Waals surface area contributed by atoms with Crippen molar-refractivity contribution < 1.29 is 0 Å². The predicted molar refractivity (Wildman–Crippen MR) is 292 cm³/mol. The molecule has 0 saturated carbocycles. The molecule has 0 saturated heterocycles. The van der Waals surface area contributed by atoms with E-state index >= 15 is 0 Å². The summed E-state index contributed by atoms with van der Waals surface area (Å²) in [5, 5.41) is 5.97. The van der Waals surface area contributed by atoms with Gasteiger partial charge in [0.2, 0.25) is 0 Å². The Morgan fingerprint density at radius 3 is 2.37 bits per heavy atom. The minimum atomic E-state index is 0.0676. The van der Waals surface area contributed by atoms with E-state index in [4.69, 9.17) is 4.98 Å². The summed E-state index contributed by atoms with van der Waals surface area (Å²) in [5.41, 5.74) is 14.1. The second kappa shape index (κ2) is 18.0. The van der Waals surface area contributed by atoms with Gasteiger partial charge in [-0.1, -0.05) is 177 Å². The normalized spacial score (nSPS) is 21.2. The average Bonchev–Trinajstić information content (AvgIpc) is 3.88. The first-order chi connectivity index (χ1) is 33.5. The van der Waals surface area contributed by atoms with Gasteiger partial charge in [-0.3, -0.25) is 4.57 Å². The van der Waals surface area contributed by atoms with Gasteiger partial charge >= 0.3 is 0 Å². The lowest BCUT2D eigenvalue weighted by Gasteiger charge is -2.35. The van der Waals surface area contributed by atoms with Gasteiger partial charge in [-0.05, 0) is 113 Å². The van der Waals surface area contributed by atoms with Crippen LogP contribution in [0.2, 0.25) is 0 Å². The molecule has 4 aliphatic rings. The van der Waals surface area contributed by atoms with E-state index in [9.17, 15) is 0 Å². The first-order valence-electron chi connectivity index (χ1n) is 24.0. The van der Waals surface area contributed by atoms with Crippen LogP contribution in [0.25, 0.3) is 61.0 Å². The fourth-order valence-electron chi connectivity index (χ4n) is 11.3. The standard InChI is InChI=1S/C64H56N4/c1-6-9-33-58-44(5)51-36-34-46(56-42-57-50(8-3)60(23-7-2)67(49-28-16-11-17-29-49)64(57)54-32-21-20-31-53(54)56)40-61(51)68(58)62-41-45-25-18-19-30-52(45)63(65-62)47-35-37-59-55(39-47)43(4)24-13-12-22-38-66(59)48-26-14-10-15-27-48/h6-28,30-37,40-42,49-50,55,60H,1,3-4,29,38-39H2,2,5H3/b22-12-,23-7-,24-13-,33-9-/t49?,50-,55-,60?/m0/s1. The van der Waals surface area contributed by atoms with Crippen molar-refractivity contribution >= 4 is 55.5 Å². The third kappa shape index (κ3) is 7.28. The number of fused-ring (bicyclic) bond motifs is 6. The molecular formula is C64H56N4. The largest absolute Gasteiger partial charge is 0.357 e. The Labute approximate surface area is 401 Å². The van der Waals surface area contributed by atoms with Crippen LogP contribution in [0.1, 0.15) is 48.2 Å². The number of nitrogens with zero attached hydrogens (tertiary/aromatic N) is 4. The van der Waals surface area contributed by atoms with Crippen LogP contribution in [0.15, 0.2) is 231 Å². The number of pyridine rings is 1. The maximum absolute atomic E-state index is 5.73. The number of anilines is 2. The third-order valence-corrected chi connectivity index (χ3v) is 14.4. The van der Waals surface area contributed by atoms with Gasteiger partial charge in [-0.2, -0.15) is 0 Å². The Hall–Kier alpha value is -7.95. The highest BCUT2D eigenvalue weighted by molar-refractivity contribution is 6.08. The van der Waals surface area contributed by atoms with Crippen molar-refractivity contribution in [2.45, 2.75) is 44.7 Å². The van der Waals surface area contributed by atoms with Crippen molar-refractivity contribution in [1.29, 1.82) is 0 Å². The van der Waals surface area contributed by atoms with Crippen LogP contribution in [0, 0.1) is 12.8 Å². The molecule has 4 atom stereocenters. The smallest absolute Gasteiger partial charge is 0.138 e. The van der Waals surface area contributed by atoms with E-state index in [0.717, 1.165) is 64.0 Å². The van der Waals surface area contributed by atoms with Crippen molar-refractivity contribution in [3.8, 4) is 16.9 Å². The Balaban J connectivity index is 1.10. The number of aromatic nitrogens is 2. The molecule has 4 heterocycles. The zero-order valence-electron chi connectivity index (χ0n) is 39.0. The second-order valence-electron chi connectivity index (χ2n) is 18.3. The Kier molecular flexibility index (Phi) is 11.3. The fourth-order valence-corrected chi connectivity index (χ4v) is 11.3. The van der Waals surface area contributed by atoms with Crippen LogP contribution in [0.3, 0.4) is 0 Å². The topological polar surface area (TPSA) is 24.3 Å². The quantitative estimate of drug-likeness (QED) is 0.107. The molecule has 2 aliphatic carbocycles. The predicted octanol–water partition coefficient (Wildman–Crippen LogP) is 15.9. The van der Waals surface area contributed by atoms with Gasteiger partial charge in [0.1, 0.15) is 5.82 Å². The van der Waals surface area contributed by atoms with E-state index in [1.54, 1.807) is 0 Å². The lowest BCUT2D eigenvalue weighted by Crippen LogP contribution is -2.40. The number of aryl methyl sites for hydroxylation is 1. The average molecular weight is 881 g/mol. The first-order valence-corrected chi connectivity index (χ1v) is 24.0. The number of rotatable bonds is 9. The molecule has 4 nitrogen and oxygen atoms in total. The Bertz CT molecular complexity index is 3430. The van der Waals surface area contributed by atoms with E-state index in [0.29, 0.717) is 0 Å². The zero-order valence-corrected chi connectivity index (χ0v) is 39.0. The summed E-state index contributed by atoms with van der Waals surface area (Å²) in [6.07, 6.45) is 36.8. The Morgan fingerprint density at radius 1 is 0.779 bits per heavy atom. The van der Waals surface area contributed by atoms with Crippen LogP contribution in [-0.4, -0.2) is 28.2 Å². The lowest BCUT2D eigenvalue weighted by atomic mass is 9.83. The molecule has 0 spiro atoms. The molecule has 0 bridgehead atoms. The van der Waals surface area contributed by atoms with Gasteiger partial charge < -0.3 is 9.80 Å². The third-order valence-electron chi connectivity index (χ3n) is 14.4. The van der Waals surface area contributed by atoms with Gasteiger partial charge in [0, 0.05) is 51.6 Å². The van der Waals surface area contributed by atoms with Gasteiger partial charge in [-0.15, -0.1) is 6.58 Å².